The lowest BCUT2D eigenvalue weighted by Gasteiger charge is -2.05. The van der Waals surface area contributed by atoms with Crippen molar-refractivity contribution in [3.05, 3.63) is 47.5 Å². The number of carboxylic acid groups (broad SMARTS) is 1. The summed E-state index contributed by atoms with van der Waals surface area (Å²) >= 11 is 1.43. The van der Waals surface area contributed by atoms with Crippen LogP contribution >= 0.6 is 11.3 Å². The molecule has 0 fully saturated rings. The first kappa shape index (κ1) is 12.5. The topological polar surface area (TPSA) is 80.9 Å². The number of carbonyl (C=O) groups is 1. The summed E-state index contributed by atoms with van der Waals surface area (Å²) in [7, 11) is 0. The molecule has 100 valence electrons. The van der Waals surface area contributed by atoms with E-state index in [-0.39, 0.29) is 5.69 Å². The minimum Gasteiger partial charge on any atom is -0.476 e. The zero-order valence-corrected chi connectivity index (χ0v) is 11.3. The highest BCUT2D eigenvalue weighted by Gasteiger charge is 2.16. The van der Waals surface area contributed by atoms with Crippen LogP contribution in [0.25, 0.3) is 16.3 Å². The standard InChI is InChI=1S/C13H10N4O2S/c1-8-2-3-9(5-15-8)17-11(12-6-14-7-20-12)4-10(16-17)13(18)19/h2-7H,1H3,(H,18,19). The van der Waals surface area contributed by atoms with Gasteiger partial charge in [-0.15, -0.1) is 11.3 Å². The fraction of sp³-hybridized carbons (Fsp3) is 0.0769. The second-order valence-electron chi connectivity index (χ2n) is 4.16. The summed E-state index contributed by atoms with van der Waals surface area (Å²) in [6, 6.07) is 5.25. The molecule has 0 bridgehead atoms. The molecule has 1 N–H and O–H groups in total. The summed E-state index contributed by atoms with van der Waals surface area (Å²) in [5.74, 6) is -1.06. The molecule has 20 heavy (non-hydrogen) atoms. The van der Waals surface area contributed by atoms with E-state index in [1.165, 1.54) is 17.4 Å². The van der Waals surface area contributed by atoms with E-state index in [0.717, 1.165) is 10.6 Å². The van der Waals surface area contributed by atoms with E-state index in [1.54, 1.807) is 22.6 Å². The third-order valence-corrected chi connectivity index (χ3v) is 3.55. The van der Waals surface area contributed by atoms with Crippen molar-refractivity contribution in [2.24, 2.45) is 0 Å². The van der Waals surface area contributed by atoms with Gasteiger partial charge in [0.2, 0.25) is 0 Å². The van der Waals surface area contributed by atoms with Gasteiger partial charge in [0.25, 0.3) is 0 Å². The minimum atomic E-state index is -1.06. The Morgan fingerprint density at radius 2 is 2.20 bits per heavy atom. The summed E-state index contributed by atoms with van der Waals surface area (Å²) in [6.07, 6.45) is 3.35. The average Bonchev–Trinajstić information content (AvgIpc) is 3.08. The maximum absolute atomic E-state index is 11.1. The molecule has 0 aromatic carbocycles. The highest BCUT2D eigenvalue weighted by Crippen LogP contribution is 2.26. The van der Waals surface area contributed by atoms with Gasteiger partial charge in [0.05, 0.1) is 28.0 Å². The van der Waals surface area contributed by atoms with Gasteiger partial charge >= 0.3 is 5.97 Å². The number of pyridine rings is 1. The van der Waals surface area contributed by atoms with Crippen LogP contribution in [0.2, 0.25) is 0 Å². The Hall–Kier alpha value is -2.54. The molecule has 0 saturated heterocycles. The SMILES string of the molecule is Cc1ccc(-n2nc(C(=O)O)cc2-c2cncs2)cn1. The Morgan fingerprint density at radius 1 is 1.35 bits per heavy atom. The molecule has 0 saturated carbocycles. The van der Waals surface area contributed by atoms with Crippen LogP contribution < -0.4 is 0 Å². The number of carboxylic acids is 1. The normalized spacial score (nSPS) is 10.7. The maximum Gasteiger partial charge on any atom is 0.356 e. The van der Waals surface area contributed by atoms with Gasteiger partial charge in [0.15, 0.2) is 5.69 Å². The fourth-order valence-electron chi connectivity index (χ4n) is 1.79. The molecule has 3 heterocycles. The number of hydrogen-bond acceptors (Lipinski definition) is 5. The predicted molar refractivity (Wildman–Crippen MR) is 74.2 cm³/mol. The van der Waals surface area contributed by atoms with Gasteiger partial charge in [0, 0.05) is 18.0 Å². The quantitative estimate of drug-likeness (QED) is 0.799. The number of aryl methyl sites for hydroxylation is 1. The van der Waals surface area contributed by atoms with Gasteiger partial charge in [-0.1, -0.05) is 0 Å². The van der Waals surface area contributed by atoms with Gasteiger partial charge in [0.1, 0.15) is 0 Å². The van der Waals surface area contributed by atoms with E-state index in [0.29, 0.717) is 11.4 Å². The van der Waals surface area contributed by atoms with Crippen LogP contribution in [0.4, 0.5) is 0 Å². The Morgan fingerprint density at radius 3 is 2.80 bits per heavy atom. The second kappa shape index (κ2) is 4.86. The van der Waals surface area contributed by atoms with Crippen LogP contribution in [0, 0.1) is 6.92 Å². The molecule has 0 aliphatic carbocycles. The summed E-state index contributed by atoms with van der Waals surface area (Å²) in [5, 5.41) is 13.2. The van der Waals surface area contributed by atoms with E-state index in [2.05, 4.69) is 15.1 Å². The number of thiazole rings is 1. The third-order valence-electron chi connectivity index (χ3n) is 2.75. The van der Waals surface area contributed by atoms with Crippen LogP contribution in [-0.2, 0) is 0 Å². The summed E-state index contributed by atoms with van der Waals surface area (Å²) in [4.78, 5) is 20.2. The smallest absolute Gasteiger partial charge is 0.356 e. The molecule has 0 spiro atoms. The van der Waals surface area contributed by atoms with Gasteiger partial charge < -0.3 is 5.11 Å². The molecular formula is C13H10N4O2S. The lowest BCUT2D eigenvalue weighted by molar-refractivity contribution is 0.0690. The average molecular weight is 286 g/mol. The first-order chi connectivity index (χ1) is 9.65. The highest BCUT2D eigenvalue weighted by atomic mass is 32.1. The minimum absolute atomic E-state index is 0.00558. The number of aromatic carboxylic acids is 1. The number of nitrogens with zero attached hydrogens (tertiary/aromatic N) is 4. The zero-order valence-electron chi connectivity index (χ0n) is 10.5. The van der Waals surface area contributed by atoms with E-state index < -0.39 is 5.97 Å². The van der Waals surface area contributed by atoms with Crippen molar-refractivity contribution in [3.63, 3.8) is 0 Å². The number of rotatable bonds is 3. The Balaban J connectivity index is 2.18. The Labute approximate surface area is 118 Å². The Kier molecular flexibility index (Phi) is 3.03. The van der Waals surface area contributed by atoms with Crippen LogP contribution in [0.3, 0.4) is 0 Å². The predicted octanol–water partition coefficient (Wildman–Crippen LogP) is 2.40. The van der Waals surface area contributed by atoms with Crippen molar-refractivity contribution in [1.29, 1.82) is 0 Å². The molecule has 3 aromatic heterocycles. The number of aromatic nitrogens is 4. The zero-order chi connectivity index (χ0) is 14.1. The summed E-state index contributed by atoms with van der Waals surface area (Å²) < 4.78 is 1.57. The van der Waals surface area contributed by atoms with Crippen molar-refractivity contribution in [1.82, 2.24) is 19.7 Å². The van der Waals surface area contributed by atoms with E-state index >= 15 is 0 Å². The van der Waals surface area contributed by atoms with Crippen molar-refractivity contribution >= 4 is 17.3 Å². The fourth-order valence-corrected chi connectivity index (χ4v) is 2.41. The first-order valence-corrected chi connectivity index (χ1v) is 6.68. The van der Waals surface area contributed by atoms with Gasteiger partial charge in [-0.3, -0.25) is 9.97 Å². The molecule has 3 rings (SSSR count). The van der Waals surface area contributed by atoms with E-state index in [1.807, 2.05) is 19.1 Å². The van der Waals surface area contributed by atoms with Crippen molar-refractivity contribution in [2.45, 2.75) is 6.92 Å². The molecule has 3 aromatic rings. The molecular weight excluding hydrogens is 276 g/mol. The lowest BCUT2D eigenvalue weighted by Crippen LogP contribution is -2.02. The van der Waals surface area contributed by atoms with E-state index in [4.69, 9.17) is 5.11 Å². The highest BCUT2D eigenvalue weighted by molar-refractivity contribution is 7.13. The van der Waals surface area contributed by atoms with Crippen LogP contribution in [-0.4, -0.2) is 30.8 Å². The summed E-state index contributed by atoms with van der Waals surface area (Å²) in [5.41, 5.74) is 3.98. The second-order valence-corrected chi connectivity index (χ2v) is 5.04. The lowest BCUT2D eigenvalue weighted by atomic mass is 10.3. The number of hydrogen-bond donors (Lipinski definition) is 1. The molecule has 0 aliphatic heterocycles. The molecule has 0 unspecified atom stereocenters. The molecule has 0 atom stereocenters. The van der Waals surface area contributed by atoms with Crippen LogP contribution in [0.1, 0.15) is 16.2 Å². The molecule has 7 heteroatoms. The van der Waals surface area contributed by atoms with Crippen LogP contribution in [0.15, 0.2) is 36.1 Å². The first-order valence-electron chi connectivity index (χ1n) is 5.80. The Bertz CT molecular complexity index is 747. The van der Waals surface area contributed by atoms with Crippen molar-refractivity contribution in [2.75, 3.05) is 0 Å². The maximum atomic E-state index is 11.1. The summed E-state index contributed by atoms with van der Waals surface area (Å²) in [6.45, 7) is 1.89. The molecule has 0 aliphatic rings. The largest absolute Gasteiger partial charge is 0.476 e. The molecule has 0 amide bonds. The van der Waals surface area contributed by atoms with Gasteiger partial charge in [-0.25, -0.2) is 9.48 Å². The van der Waals surface area contributed by atoms with E-state index in [9.17, 15) is 4.79 Å². The van der Waals surface area contributed by atoms with Gasteiger partial charge in [-0.05, 0) is 19.1 Å². The van der Waals surface area contributed by atoms with Crippen LogP contribution in [0.5, 0.6) is 0 Å². The third kappa shape index (κ3) is 2.19. The molecule has 0 radical (unpaired) electrons. The molecule has 6 nitrogen and oxygen atoms in total. The monoisotopic (exact) mass is 286 g/mol. The van der Waals surface area contributed by atoms with Crippen molar-refractivity contribution < 1.29 is 9.90 Å². The van der Waals surface area contributed by atoms with Crippen molar-refractivity contribution in [3.8, 4) is 16.3 Å². The van der Waals surface area contributed by atoms with Gasteiger partial charge in [-0.2, -0.15) is 5.10 Å².